The van der Waals surface area contributed by atoms with Crippen molar-refractivity contribution in [3.05, 3.63) is 65.9 Å². The topological polar surface area (TPSA) is 68.3 Å². The van der Waals surface area contributed by atoms with Gasteiger partial charge in [0.05, 0.1) is 6.04 Å². The van der Waals surface area contributed by atoms with Gasteiger partial charge in [0.25, 0.3) is 0 Å². The molecule has 0 aliphatic heterocycles. The number of fused-ring (bicyclic) bond motifs is 1. The second-order valence-electron chi connectivity index (χ2n) is 5.00. The Bertz CT molecular complexity index is 759. The van der Waals surface area contributed by atoms with E-state index in [1.807, 2.05) is 43.3 Å². The number of rotatable bonds is 4. The van der Waals surface area contributed by atoms with Crippen LogP contribution in [-0.2, 0) is 0 Å². The fourth-order valence-electron chi connectivity index (χ4n) is 2.30. The van der Waals surface area contributed by atoms with Gasteiger partial charge in [-0.15, -0.1) is 0 Å². The van der Waals surface area contributed by atoms with Crippen molar-refractivity contribution in [2.75, 3.05) is 5.32 Å². The van der Waals surface area contributed by atoms with Crippen LogP contribution in [0, 0.1) is 0 Å². The molecule has 4 nitrogen and oxygen atoms in total. The third-order valence-corrected chi connectivity index (χ3v) is 3.40. The number of hydrogen-bond acceptors (Lipinski definition) is 3. The zero-order valence-electron chi connectivity index (χ0n) is 11.7. The molecule has 1 heterocycles. The molecular formula is C17H16N2O2. The summed E-state index contributed by atoms with van der Waals surface area (Å²) in [4.78, 5) is 11.2. The van der Waals surface area contributed by atoms with Gasteiger partial charge in [-0.3, -0.25) is 4.79 Å². The molecule has 106 valence electrons. The number of nitrogens with one attached hydrogen (secondary N) is 1. The number of benzene rings is 2. The molecule has 0 aliphatic carbocycles. The molecule has 0 radical (unpaired) electrons. The first-order valence-electron chi connectivity index (χ1n) is 6.78. The van der Waals surface area contributed by atoms with Crippen LogP contribution in [0.2, 0.25) is 0 Å². The lowest BCUT2D eigenvalue weighted by Crippen LogP contribution is -2.12. The summed E-state index contributed by atoms with van der Waals surface area (Å²) in [7, 11) is 0. The van der Waals surface area contributed by atoms with Crippen molar-refractivity contribution in [3.63, 3.8) is 0 Å². The average Bonchev–Trinajstić information content (AvgIpc) is 2.91. The molecule has 1 amide bonds. The van der Waals surface area contributed by atoms with Crippen LogP contribution in [0.3, 0.4) is 0 Å². The SMILES string of the molecule is CC(Nc1cccc(C(N)=O)c1)c1cc2ccccc2o1. The van der Waals surface area contributed by atoms with Crippen LogP contribution >= 0.6 is 0 Å². The molecule has 0 spiro atoms. The summed E-state index contributed by atoms with van der Waals surface area (Å²) >= 11 is 0. The lowest BCUT2D eigenvalue weighted by molar-refractivity contribution is 0.100. The highest BCUT2D eigenvalue weighted by Gasteiger charge is 2.12. The maximum Gasteiger partial charge on any atom is 0.248 e. The Morgan fingerprint density at radius 2 is 1.95 bits per heavy atom. The first kappa shape index (κ1) is 13.2. The van der Waals surface area contributed by atoms with Gasteiger partial charge >= 0.3 is 0 Å². The molecule has 0 saturated heterocycles. The number of nitrogens with two attached hydrogens (primary N) is 1. The van der Waals surface area contributed by atoms with Crippen molar-refractivity contribution >= 4 is 22.6 Å². The minimum Gasteiger partial charge on any atom is -0.459 e. The van der Waals surface area contributed by atoms with Gasteiger partial charge in [-0.25, -0.2) is 0 Å². The summed E-state index contributed by atoms with van der Waals surface area (Å²) in [5.41, 5.74) is 7.47. The number of carbonyl (C=O) groups excluding carboxylic acids is 1. The smallest absolute Gasteiger partial charge is 0.248 e. The second kappa shape index (κ2) is 5.32. The van der Waals surface area contributed by atoms with Crippen LogP contribution < -0.4 is 11.1 Å². The van der Waals surface area contributed by atoms with E-state index in [1.165, 1.54) is 0 Å². The third kappa shape index (κ3) is 2.74. The van der Waals surface area contributed by atoms with E-state index in [0.717, 1.165) is 22.4 Å². The van der Waals surface area contributed by atoms with Crippen LogP contribution in [0.4, 0.5) is 5.69 Å². The van der Waals surface area contributed by atoms with E-state index in [0.29, 0.717) is 5.56 Å². The Labute approximate surface area is 122 Å². The molecule has 0 fully saturated rings. The summed E-state index contributed by atoms with van der Waals surface area (Å²) in [6, 6.07) is 17.0. The Morgan fingerprint density at radius 3 is 2.71 bits per heavy atom. The van der Waals surface area contributed by atoms with Gasteiger partial charge in [0.1, 0.15) is 11.3 Å². The molecular weight excluding hydrogens is 264 g/mol. The molecule has 3 aromatic rings. The second-order valence-corrected chi connectivity index (χ2v) is 5.00. The van der Waals surface area contributed by atoms with Crippen molar-refractivity contribution in [1.82, 2.24) is 0 Å². The zero-order valence-corrected chi connectivity index (χ0v) is 11.7. The van der Waals surface area contributed by atoms with Gasteiger partial charge in [0.2, 0.25) is 5.91 Å². The minimum absolute atomic E-state index is 0.0134. The van der Waals surface area contributed by atoms with E-state index in [2.05, 4.69) is 5.32 Å². The number of para-hydroxylation sites is 1. The summed E-state index contributed by atoms with van der Waals surface area (Å²) in [5, 5.41) is 4.39. The fourth-order valence-corrected chi connectivity index (χ4v) is 2.30. The Kier molecular flexibility index (Phi) is 3.36. The molecule has 2 aromatic carbocycles. The highest BCUT2D eigenvalue weighted by Crippen LogP contribution is 2.26. The summed E-state index contributed by atoms with van der Waals surface area (Å²) in [6.07, 6.45) is 0. The van der Waals surface area contributed by atoms with Crippen LogP contribution in [0.15, 0.2) is 59.0 Å². The molecule has 3 N–H and O–H groups in total. The van der Waals surface area contributed by atoms with Crippen molar-refractivity contribution in [2.45, 2.75) is 13.0 Å². The van der Waals surface area contributed by atoms with Crippen molar-refractivity contribution in [1.29, 1.82) is 0 Å². The summed E-state index contributed by atoms with van der Waals surface area (Å²) in [6.45, 7) is 2.01. The van der Waals surface area contributed by atoms with E-state index < -0.39 is 5.91 Å². The number of anilines is 1. The number of amides is 1. The molecule has 0 bridgehead atoms. The van der Waals surface area contributed by atoms with Crippen LogP contribution in [-0.4, -0.2) is 5.91 Å². The van der Waals surface area contributed by atoms with Crippen molar-refractivity contribution < 1.29 is 9.21 Å². The van der Waals surface area contributed by atoms with Gasteiger partial charge in [-0.1, -0.05) is 24.3 Å². The van der Waals surface area contributed by atoms with Crippen molar-refractivity contribution in [3.8, 4) is 0 Å². The maximum atomic E-state index is 11.2. The van der Waals surface area contributed by atoms with Gasteiger partial charge in [0.15, 0.2) is 0 Å². The molecule has 1 unspecified atom stereocenters. The van der Waals surface area contributed by atoms with Gasteiger partial charge in [-0.2, -0.15) is 0 Å². The molecule has 3 rings (SSSR count). The lowest BCUT2D eigenvalue weighted by atomic mass is 10.1. The van der Waals surface area contributed by atoms with E-state index in [1.54, 1.807) is 18.2 Å². The van der Waals surface area contributed by atoms with E-state index in [9.17, 15) is 4.79 Å². The van der Waals surface area contributed by atoms with Crippen LogP contribution in [0.1, 0.15) is 29.1 Å². The number of carbonyl (C=O) groups is 1. The largest absolute Gasteiger partial charge is 0.459 e. The van der Waals surface area contributed by atoms with E-state index in [-0.39, 0.29) is 6.04 Å². The zero-order chi connectivity index (χ0) is 14.8. The quantitative estimate of drug-likeness (QED) is 0.765. The predicted octanol–water partition coefficient (Wildman–Crippen LogP) is 3.70. The summed E-state index contributed by atoms with van der Waals surface area (Å²) in [5.74, 6) is 0.413. The fraction of sp³-hybridized carbons (Fsp3) is 0.118. The normalized spacial score (nSPS) is 12.2. The van der Waals surface area contributed by atoms with Gasteiger partial charge in [-0.05, 0) is 37.3 Å². The molecule has 1 aromatic heterocycles. The Hall–Kier alpha value is -2.75. The van der Waals surface area contributed by atoms with Crippen LogP contribution in [0.5, 0.6) is 0 Å². The summed E-state index contributed by atoms with van der Waals surface area (Å²) < 4.78 is 5.83. The van der Waals surface area contributed by atoms with Gasteiger partial charge in [0, 0.05) is 16.6 Å². The number of primary amides is 1. The highest BCUT2D eigenvalue weighted by atomic mass is 16.3. The van der Waals surface area contributed by atoms with Crippen molar-refractivity contribution in [2.24, 2.45) is 5.73 Å². The Balaban J connectivity index is 1.84. The predicted molar refractivity (Wildman–Crippen MR) is 83.2 cm³/mol. The first-order chi connectivity index (χ1) is 10.1. The molecule has 0 aliphatic rings. The molecule has 4 heteroatoms. The third-order valence-electron chi connectivity index (χ3n) is 3.40. The lowest BCUT2D eigenvalue weighted by Gasteiger charge is -2.13. The first-order valence-corrected chi connectivity index (χ1v) is 6.78. The minimum atomic E-state index is -0.435. The van der Waals surface area contributed by atoms with Crippen LogP contribution in [0.25, 0.3) is 11.0 Å². The van der Waals surface area contributed by atoms with E-state index >= 15 is 0 Å². The molecule has 1 atom stereocenters. The van der Waals surface area contributed by atoms with Gasteiger partial charge < -0.3 is 15.5 Å². The number of furan rings is 1. The monoisotopic (exact) mass is 280 g/mol. The maximum absolute atomic E-state index is 11.2. The molecule has 21 heavy (non-hydrogen) atoms. The molecule has 0 saturated carbocycles. The highest BCUT2D eigenvalue weighted by molar-refractivity contribution is 5.93. The number of hydrogen-bond donors (Lipinski definition) is 2. The standard InChI is InChI=1S/C17H16N2O2/c1-11(16-10-12-5-2-3-8-15(12)21-16)19-14-7-4-6-13(9-14)17(18)20/h2-11,19H,1H3,(H2,18,20). The van der Waals surface area contributed by atoms with E-state index in [4.69, 9.17) is 10.2 Å². The Morgan fingerprint density at radius 1 is 1.14 bits per heavy atom. The average molecular weight is 280 g/mol.